The molecule has 2 fully saturated rings. The van der Waals surface area contributed by atoms with Crippen LogP contribution in [-0.4, -0.2) is 62.7 Å². The van der Waals surface area contributed by atoms with E-state index < -0.39 is 5.41 Å². The molecular formula is C33H30Cl2N6O3. The molecule has 224 valence electrons. The molecule has 0 N–H and O–H groups in total. The quantitative estimate of drug-likeness (QED) is 0.248. The summed E-state index contributed by atoms with van der Waals surface area (Å²) in [6, 6.07) is 14.8. The number of fused-ring (bicyclic) bond motifs is 1. The Labute approximate surface area is 265 Å². The highest BCUT2D eigenvalue weighted by Crippen LogP contribution is 2.35. The second-order valence-corrected chi connectivity index (χ2v) is 12.0. The van der Waals surface area contributed by atoms with Crippen LogP contribution in [0.25, 0.3) is 10.8 Å². The third-order valence-electron chi connectivity index (χ3n) is 8.45. The molecule has 11 heteroatoms. The number of carbonyl (C=O) groups excluding carboxylic acids is 2. The number of likely N-dealkylation sites (tertiary alicyclic amines) is 2. The first kappa shape index (κ1) is 29.8. The number of rotatable bonds is 6. The van der Waals surface area contributed by atoms with E-state index in [1.165, 1.54) is 6.20 Å². The summed E-state index contributed by atoms with van der Waals surface area (Å²) >= 11 is 12.2. The Morgan fingerprint density at radius 3 is 2.39 bits per heavy atom. The van der Waals surface area contributed by atoms with Gasteiger partial charge in [-0.05, 0) is 62.4 Å². The van der Waals surface area contributed by atoms with E-state index in [2.05, 4.69) is 21.0 Å². The number of hydrogen-bond donors (Lipinski definition) is 0. The zero-order valence-electron chi connectivity index (χ0n) is 24.0. The molecule has 0 spiro atoms. The molecule has 0 radical (unpaired) electrons. The van der Waals surface area contributed by atoms with Crippen LogP contribution in [0.15, 0.2) is 61.1 Å². The first-order chi connectivity index (χ1) is 21.4. The van der Waals surface area contributed by atoms with Gasteiger partial charge in [-0.25, -0.2) is 4.98 Å². The molecule has 0 saturated carbocycles. The molecular weight excluding hydrogens is 599 g/mol. The summed E-state index contributed by atoms with van der Waals surface area (Å²) in [4.78, 5) is 44.4. The molecule has 5 heterocycles. The Balaban J connectivity index is 1.29. The highest BCUT2D eigenvalue weighted by molar-refractivity contribution is 6.34. The van der Waals surface area contributed by atoms with Gasteiger partial charge < -0.3 is 14.5 Å². The first-order valence-corrected chi connectivity index (χ1v) is 15.4. The van der Waals surface area contributed by atoms with E-state index in [0.29, 0.717) is 82.5 Å². The van der Waals surface area contributed by atoms with Gasteiger partial charge in [-0.3, -0.25) is 19.6 Å². The van der Waals surface area contributed by atoms with Crippen molar-refractivity contribution in [2.24, 2.45) is 0 Å². The lowest BCUT2D eigenvalue weighted by atomic mass is 9.76. The summed E-state index contributed by atoms with van der Waals surface area (Å²) < 4.78 is 5.91. The topological polar surface area (TPSA) is 112 Å². The standard InChI is InChI=1S/C33H30Cl2N6O3/c34-24-16-27(35)28(38-19-24)20-44-30-17-25-23(18-39-30)14-22(15-26(25)32(43)40-10-4-1-5-11-40)31(42)41-12-7-33(21-36,8-13-41)29-6-2-3-9-37-29/h2-3,6,9,14-19H,1,4-5,7-8,10-13,20H2. The fourth-order valence-corrected chi connectivity index (χ4v) is 6.36. The zero-order chi connectivity index (χ0) is 30.7. The SMILES string of the molecule is N#CC1(c2ccccn2)CCN(C(=O)c2cc(C(=O)N3CCCCC3)c3cc(OCc4ncc(Cl)cc4Cl)ncc3c2)CC1. The molecule has 2 aliphatic heterocycles. The van der Waals surface area contributed by atoms with Crippen LogP contribution in [0.1, 0.15) is 64.2 Å². The van der Waals surface area contributed by atoms with Crippen molar-refractivity contribution in [3.63, 3.8) is 0 Å². The van der Waals surface area contributed by atoms with Gasteiger partial charge in [-0.2, -0.15) is 5.26 Å². The predicted octanol–water partition coefficient (Wildman–Crippen LogP) is 6.23. The van der Waals surface area contributed by atoms with Crippen molar-refractivity contribution >= 4 is 45.8 Å². The maximum Gasteiger partial charge on any atom is 0.254 e. The van der Waals surface area contributed by atoms with Crippen molar-refractivity contribution < 1.29 is 14.3 Å². The maximum atomic E-state index is 13.9. The van der Waals surface area contributed by atoms with Crippen LogP contribution in [0.5, 0.6) is 5.88 Å². The lowest BCUT2D eigenvalue weighted by Gasteiger charge is -2.37. The monoisotopic (exact) mass is 628 g/mol. The van der Waals surface area contributed by atoms with Crippen LogP contribution in [0.3, 0.4) is 0 Å². The lowest BCUT2D eigenvalue weighted by molar-refractivity contribution is 0.0690. The Morgan fingerprint density at radius 2 is 1.68 bits per heavy atom. The van der Waals surface area contributed by atoms with Crippen molar-refractivity contribution in [2.75, 3.05) is 26.2 Å². The molecule has 2 aliphatic rings. The number of pyridine rings is 3. The molecule has 3 aromatic heterocycles. The number of carbonyl (C=O) groups is 2. The van der Waals surface area contributed by atoms with E-state index in [9.17, 15) is 14.9 Å². The van der Waals surface area contributed by atoms with E-state index in [4.69, 9.17) is 27.9 Å². The summed E-state index contributed by atoms with van der Waals surface area (Å²) in [6.07, 6.45) is 8.73. The Hall–Kier alpha value is -4.26. The third-order valence-corrected chi connectivity index (χ3v) is 8.98. The van der Waals surface area contributed by atoms with Gasteiger partial charge in [0.2, 0.25) is 5.88 Å². The maximum absolute atomic E-state index is 13.9. The first-order valence-electron chi connectivity index (χ1n) is 14.6. The number of piperidine rings is 2. The van der Waals surface area contributed by atoms with Crippen molar-refractivity contribution in [1.82, 2.24) is 24.8 Å². The number of halogens is 2. The molecule has 2 amide bonds. The average Bonchev–Trinajstić information content (AvgIpc) is 3.07. The molecule has 0 aliphatic carbocycles. The van der Waals surface area contributed by atoms with Gasteiger partial charge in [0.1, 0.15) is 12.0 Å². The minimum Gasteiger partial charge on any atom is -0.471 e. The molecule has 0 atom stereocenters. The smallest absolute Gasteiger partial charge is 0.254 e. The number of nitrogens with zero attached hydrogens (tertiary/aromatic N) is 6. The highest BCUT2D eigenvalue weighted by Gasteiger charge is 2.39. The fourth-order valence-electron chi connectivity index (χ4n) is 5.92. The molecule has 1 aromatic carbocycles. The largest absolute Gasteiger partial charge is 0.471 e. The predicted molar refractivity (Wildman–Crippen MR) is 167 cm³/mol. The molecule has 2 saturated heterocycles. The third kappa shape index (κ3) is 6.05. The van der Waals surface area contributed by atoms with Gasteiger partial charge in [-0.1, -0.05) is 29.3 Å². The number of benzene rings is 1. The van der Waals surface area contributed by atoms with Crippen LogP contribution in [0, 0.1) is 11.3 Å². The van der Waals surface area contributed by atoms with Crippen LogP contribution >= 0.6 is 23.2 Å². The molecule has 6 rings (SSSR count). The van der Waals surface area contributed by atoms with E-state index in [-0.39, 0.29) is 18.4 Å². The molecule has 4 aromatic rings. The molecule has 9 nitrogen and oxygen atoms in total. The Morgan fingerprint density at radius 1 is 0.909 bits per heavy atom. The number of aromatic nitrogens is 3. The number of hydrogen-bond acceptors (Lipinski definition) is 7. The fraction of sp³-hybridized carbons (Fsp3) is 0.333. The second kappa shape index (κ2) is 12.8. The van der Waals surface area contributed by atoms with Crippen LogP contribution in [0.4, 0.5) is 0 Å². The highest BCUT2D eigenvalue weighted by atomic mass is 35.5. The Bertz CT molecular complexity index is 1750. The van der Waals surface area contributed by atoms with Gasteiger partial charge in [0.25, 0.3) is 11.8 Å². The summed E-state index contributed by atoms with van der Waals surface area (Å²) in [7, 11) is 0. The normalized spacial score (nSPS) is 16.4. The van der Waals surface area contributed by atoms with Gasteiger partial charge >= 0.3 is 0 Å². The summed E-state index contributed by atoms with van der Waals surface area (Å²) in [5, 5.41) is 12.2. The van der Waals surface area contributed by atoms with Gasteiger partial charge in [0, 0.05) is 72.7 Å². The van der Waals surface area contributed by atoms with Gasteiger partial charge in [-0.15, -0.1) is 0 Å². The summed E-state index contributed by atoms with van der Waals surface area (Å²) in [6.45, 7) is 2.22. The number of nitriles is 1. The number of amides is 2. The second-order valence-electron chi connectivity index (χ2n) is 11.2. The van der Waals surface area contributed by atoms with Crippen molar-refractivity contribution in [2.45, 2.75) is 44.1 Å². The summed E-state index contributed by atoms with van der Waals surface area (Å²) in [5.41, 5.74) is 1.34. The van der Waals surface area contributed by atoms with Gasteiger partial charge in [0.15, 0.2) is 0 Å². The average molecular weight is 630 g/mol. The van der Waals surface area contributed by atoms with E-state index in [1.54, 1.807) is 41.6 Å². The van der Waals surface area contributed by atoms with Crippen molar-refractivity contribution in [1.29, 1.82) is 5.26 Å². The van der Waals surface area contributed by atoms with Crippen LogP contribution in [0.2, 0.25) is 10.0 Å². The Kier molecular flexibility index (Phi) is 8.65. The summed E-state index contributed by atoms with van der Waals surface area (Å²) in [5.74, 6) is -0.00683. The van der Waals surface area contributed by atoms with E-state index >= 15 is 0 Å². The van der Waals surface area contributed by atoms with Crippen molar-refractivity contribution in [3.8, 4) is 11.9 Å². The van der Waals surface area contributed by atoms with Crippen molar-refractivity contribution in [3.05, 3.63) is 93.6 Å². The lowest BCUT2D eigenvalue weighted by Crippen LogP contribution is -2.45. The molecule has 0 bridgehead atoms. The minimum absolute atomic E-state index is 0.0676. The van der Waals surface area contributed by atoms with Gasteiger partial charge in [0.05, 0.1) is 27.5 Å². The molecule has 44 heavy (non-hydrogen) atoms. The zero-order valence-corrected chi connectivity index (χ0v) is 25.5. The van der Waals surface area contributed by atoms with E-state index in [1.807, 2.05) is 23.1 Å². The van der Waals surface area contributed by atoms with E-state index in [0.717, 1.165) is 25.0 Å². The molecule has 0 unspecified atom stereocenters. The van der Waals surface area contributed by atoms with Crippen LogP contribution < -0.4 is 4.74 Å². The number of ether oxygens (including phenoxy) is 1. The minimum atomic E-state index is -0.733. The van der Waals surface area contributed by atoms with Crippen LogP contribution in [-0.2, 0) is 12.0 Å².